The molecule has 1 saturated carbocycles. The quantitative estimate of drug-likeness (QED) is 0.762. The van der Waals surface area contributed by atoms with Crippen LogP contribution < -0.4 is 0 Å². The minimum absolute atomic E-state index is 0.311. The predicted octanol–water partition coefficient (Wildman–Crippen LogP) is 3.31. The van der Waals surface area contributed by atoms with E-state index >= 15 is 0 Å². The van der Waals surface area contributed by atoms with Crippen LogP contribution >= 0.6 is 0 Å². The molecule has 0 amide bonds. The van der Waals surface area contributed by atoms with Gasteiger partial charge < -0.3 is 18.9 Å². The molecular formula is C21H28N4O4. The second kappa shape index (κ2) is 7.75. The van der Waals surface area contributed by atoms with Gasteiger partial charge in [0.05, 0.1) is 12.6 Å². The monoisotopic (exact) mass is 400 g/mol. The van der Waals surface area contributed by atoms with E-state index < -0.39 is 18.2 Å². The third kappa shape index (κ3) is 3.82. The number of hydrogen-bond donors (Lipinski definition) is 0. The van der Waals surface area contributed by atoms with E-state index in [1.807, 2.05) is 48.9 Å². The van der Waals surface area contributed by atoms with E-state index in [-0.39, 0.29) is 12.2 Å². The van der Waals surface area contributed by atoms with Crippen LogP contribution in [0.25, 0.3) is 0 Å². The lowest BCUT2D eigenvalue weighted by Crippen LogP contribution is -2.35. The molecule has 0 unspecified atom stereocenters. The standard InChI is InChI=1S/C21H28N4O4/c1-21(2)28-18-16(26-13-14-9-5-3-6-10-14)17(27-20(18)29-21)19-22-23-24-25(19)15-11-7-4-8-12-15/h3,5-6,9-10,15-18,20H,4,7-8,11-13H2,1-2H3/t16-,17-,18+,20+/m0/s1. The van der Waals surface area contributed by atoms with Crippen LogP contribution in [0.1, 0.15) is 69.5 Å². The Morgan fingerprint density at radius 3 is 2.69 bits per heavy atom. The van der Waals surface area contributed by atoms with Gasteiger partial charge in [0.1, 0.15) is 12.2 Å². The Bertz CT molecular complexity index is 821. The van der Waals surface area contributed by atoms with Crippen molar-refractivity contribution in [2.45, 2.75) is 89.0 Å². The van der Waals surface area contributed by atoms with Gasteiger partial charge in [-0.25, -0.2) is 4.68 Å². The van der Waals surface area contributed by atoms with Gasteiger partial charge in [-0.1, -0.05) is 49.6 Å². The van der Waals surface area contributed by atoms with E-state index in [0.717, 1.165) is 18.4 Å². The third-order valence-corrected chi connectivity index (χ3v) is 5.97. The van der Waals surface area contributed by atoms with Crippen LogP contribution in [0.15, 0.2) is 30.3 Å². The van der Waals surface area contributed by atoms with E-state index in [4.69, 9.17) is 18.9 Å². The lowest BCUT2D eigenvalue weighted by Gasteiger charge is -2.27. The summed E-state index contributed by atoms with van der Waals surface area (Å²) in [7, 11) is 0. The Balaban J connectivity index is 1.40. The van der Waals surface area contributed by atoms with E-state index in [1.54, 1.807) is 0 Å². The maximum atomic E-state index is 6.34. The van der Waals surface area contributed by atoms with Crippen molar-refractivity contribution in [1.82, 2.24) is 20.2 Å². The predicted molar refractivity (Wildman–Crippen MR) is 103 cm³/mol. The number of aromatic nitrogens is 4. The highest BCUT2D eigenvalue weighted by atomic mass is 16.8. The van der Waals surface area contributed by atoms with Crippen LogP contribution in [0.5, 0.6) is 0 Å². The van der Waals surface area contributed by atoms with Crippen molar-refractivity contribution in [3.8, 4) is 0 Å². The van der Waals surface area contributed by atoms with E-state index in [9.17, 15) is 0 Å². The van der Waals surface area contributed by atoms with Crippen molar-refractivity contribution >= 4 is 0 Å². The lowest BCUT2D eigenvalue weighted by atomic mass is 9.95. The molecular weight excluding hydrogens is 372 g/mol. The molecule has 3 fully saturated rings. The fraction of sp³-hybridized carbons (Fsp3) is 0.667. The van der Waals surface area contributed by atoms with Gasteiger partial charge in [-0.15, -0.1) is 5.10 Å². The largest absolute Gasteiger partial charge is 0.367 e. The van der Waals surface area contributed by atoms with Gasteiger partial charge in [0.25, 0.3) is 0 Å². The van der Waals surface area contributed by atoms with Crippen LogP contribution in [0, 0.1) is 0 Å². The molecule has 3 heterocycles. The lowest BCUT2D eigenvalue weighted by molar-refractivity contribution is -0.221. The summed E-state index contributed by atoms with van der Waals surface area (Å²) in [6.45, 7) is 4.25. The molecule has 5 rings (SSSR count). The molecule has 2 aliphatic heterocycles. The molecule has 0 spiro atoms. The van der Waals surface area contributed by atoms with E-state index in [2.05, 4.69) is 15.5 Å². The van der Waals surface area contributed by atoms with Crippen LogP contribution in [-0.4, -0.2) is 44.5 Å². The van der Waals surface area contributed by atoms with Gasteiger partial charge in [-0.3, -0.25) is 0 Å². The molecule has 156 valence electrons. The summed E-state index contributed by atoms with van der Waals surface area (Å²) in [5.41, 5.74) is 1.10. The number of ether oxygens (including phenoxy) is 4. The average Bonchev–Trinajstić information content (AvgIpc) is 3.40. The minimum atomic E-state index is -0.704. The molecule has 0 N–H and O–H groups in total. The number of benzene rings is 1. The Morgan fingerprint density at radius 2 is 1.90 bits per heavy atom. The summed E-state index contributed by atoms with van der Waals surface area (Å²) < 4.78 is 26.6. The van der Waals surface area contributed by atoms with Crippen molar-refractivity contribution in [2.24, 2.45) is 0 Å². The molecule has 0 radical (unpaired) electrons. The Morgan fingerprint density at radius 1 is 1.10 bits per heavy atom. The Hall–Kier alpha value is -1.87. The normalized spacial score (nSPS) is 31.8. The summed E-state index contributed by atoms with van der Waals surface area (Å²) >= 11 is 0. The summed E-state index contributed by atoms with van der Waals surface area (Å²) in [5.74, 6) is -0.00129. The number of fused-ring (bicyclic) bond motifs is 1. The first-order valence-corrected chi connectivity index (χ1v) is 10.6. The average molecular weight is 400 g/mol. The highest BCUT2D eigenvalue weighted by Gasteiger charge is 2.57. The smallest absolute Gasteiger partial charge is 0.190 e. The third-order valence-electron chi connectivity index (χ3n) is 5.97. The maximum Gasteiger partial charge on any atom is 0.190 e. The zero-order chi connectivity index (χ0) is 19.8. The van der Waals surface area contributed by atoms with Crippen molar-refractivity contribution in [3.05, 3.63) is 41.7 Å². The second-order valence-corrected chi connectivity index (χ2v) is 8.56. The van der Waals surface area contributed by atoms with Crippen molar-refractivity contribution in [1.29, 1.82) is 0 Å². The molecule has 1 aromatic carbocycles. The molecule has 3 aliphatic rings. The summed E-state index contributed by atoms with van der Waals surface area (Å²) in [4.78, 5) is 0. The second-order valence-electron chi connectivity index (χ2n) is 8.56. The van der Waals surface area contributed by atoms with Crippen molar-refractivity contribution in [3.63, 3.8) is 0 Å². The molecule has 8 heteroatoms. The van der Waals surface area contributed by atoms with Gasteiger partial charge in [-0.05, 0) is 42.7 Å². The number of hydrogen-bond acceptors (Lipinski definition) is 7. The number of tetrazole rings is 1. The summed E-state index contributed by atoms with van der Waals surface area (Å²) in [5, 5.41) is 12.6. The number of rotatable bonds is 5. The van der Waals surface area contributed by atoms with Crippen LogP contribution in [-0.2, 0) is 25.6 Å². The van der Waals surface area contributed by atoms with Crippen LogP contribution in [0.3, 0.4) is 0 Å². The zero-order valence-corrected chi connectivity index (χ0v) is 16.9. The minimum Gasteiger partial charge on any atom is -0.367 e. The van der Waals surface area contributed by atoms with Gasteiger partial charge in [-0.2, -0.15) is 0 Å². The molecule has 1 aliphatic carbocycles. The van der Waals surface area contributed by atoms with Crippen LogP contribution in [0.2, 0.25) is 0 Å². The first-order valence-electron chi connectivity index (χ1n) is 10.6. The molecule has 8 nitrogen and oxygen atoms in total. The molecule has 29 heavy (non-hydrogen) atoms. The van der Waals surface area contributed by atoms with Gasteiger partial charge in [0.15, 0.2) is 24.0 Å². The highest BCUT2D eigenvalue weighted by Crippen LogP contribution is 2.45. The fourth-order valence-electron chi connectivity index (χ4n) is 4.61. The first-order chi connectivity index (χ1) is 14.1. The topological polar surface area (TPSA) is 80.5 Å². The Labute approximate surface area is 170 Å². The van der Waals surface area contributed by atoms with Crippen molar-refractivity contribution < 1.29 is 18.9 Å². The van der Waals surface area contributed by atoms with Crippen molar-refractivity contribution in [2.75, 3.05) is 0 Å². The number of nitrogens with zero attached hydrogens (tertiary/aromatic N) is 4. The SMILES string of the molecule is CC1(C)O[C@H]2O[C@H](c3nnnn3C3CCCCC3)[C@H](OCc3ccccc3)[C@H]2O1. The zero-order valence-electron chi connectivity index (χ0n) is 16.9. The van der Waals surface area contributed by atoms with E-state index in [0.29, 0.717) is 18.5 Å². The Kier molecular flexibility index (Phi) is 5.11. The molecule has 2 aromatic rings. The molecule has 0 bridgehead atoms. The maximum absolute atomic E-state index is 6.34. The molecule has 4 atom stereocenters. The van der Waals surface area contributed by atoms with E-state index in [1.165, 1.54) is 19.3 Å². The van der Waals surface area contributed by atoms with Gasteiger partial charge >= 0.3 is 0 Å². The summed E-state index contributed by atoms with van der Waals surface area (Å²) in [6, 6.07) is 10.4. The van der Waals surface area contributed by atoms with Gasteiger partial charge in [0.2, 0.25) is 0 Å². The fourth-order valence-corrected chi connectivity index (χ4v) is 4.61. The van der Waals surface area contributed by atoms with Crippen LogP contribution in [0.4, 0.5) is 0 Å². The molecule has 1 aromatic heterocycles. The summed E-state index contributed by atoms with van der Waals surface area (Å²) in [6.07, 6.45) is 4.27. The first kappa shape index (κ1) is 19.1. The van der Waals surface area contributed by atoms with Gasteiger partial charge in [0, 0.05) is 0 Å². The molecule has 2 saturated heterocycles. The highest BCUT2D eigenvalue weighted by molar-refractivity contribution is 5.14.